The van der Waals surface area contributed by atoms with Crippen LogP contribution < -0.4 is 15.8 Å². The number of fused-ring (bicyclic) bond motifs is 1. The molecule has 1 aromatic heterocycles. The fourth-order valence-corrected chi connectivity index (χ4v) is 4.88. The summed E-state index contributed by atoms with van der Waals surface area (Å²) in [7, 11) is 1.57. The van der Waals surface area contributed by atoms with Gasteiger partial charge in [-0.15, -0.1) is 11.3 Å². The quantitative estimate of drug-likeness (QED) is 0.158. The summed E-state index contributed by atoms with van der Waals surface area (Å²) in [4.78, 5) is 35.8. The highest BCUT2D eigenvalue weighted by atomic mass is 32.1. The zero-order valence-corrected chi connectivity index (χ0v) is 21.2. The van der Waals surface area contributed by atoms with Crippen molar-refractivity contribution in [3.63, 3.8) is 0 Å². The van der Waals surface area contributed by atoms with Gasteiger partial charge in [-0.25, -0.2) is 9.98 Å². The van der Waals surface area contributed by atoms with Crippen LogP contribution in [0.1, 0.15) is 45.7 Å². The molecule has 11 heteroatoms. The second-order valence-corrected chi connectivity index (χ2v) is 9.82. The molecule has 0 bridgehead atoms. The van der Waals surface area contributed by atoms with Crippen LogP contribution in [0.2, 0.25) is 0 Å². The number of hydrogen-bond donors (Lipinski definition) is 2. The number of aliphatic imine (C=N–C) groups is 1. The van der Waals surface area contributed by atoms with Gasteiger partial charge in [0, 0.05) is 22.8 Å². The van der Waals surface area contributed by atoms with Gasteiger partial charge < -0.3 is 20.7 Å². The van der Waals surface area contributed by atoms with Crippen LogP contribution in [0, 0.1) is 10.1 Å². The molecule has 188 valence electrons. The minimum absolute atomic E-state index is 0.298. The van der Waals surface area contributed by atoms with Gasteiger partial charge in [0.05, 0.1) is 36.4 Å². The number of nitrogen functional groups attached to an aromatic ring is 1. The number of amides is 1. The molecule has 1 aliphatic rings. The van der Waals surface area contributed by atoms with Crippen molar-refractivity contribution in [1.29, 1.82) is 0 Å². The smallest absolute Gasteiger partial charge is 0.284 e. The van der Waals surface area contributed by atoms with Crippen LogP contribution in [0.4, 0.5) is 17.1 Å². The molecule has 0 spiro atoms. The number of anilines is 2. The first kappa shape index (κ1) is 25.1. The van der Waals surface area contributed by atoms with Crippen LogP contribution in [-0.2, 0) is 13.0 Å². The van der Waals surface area contributed by atoms with Crippen LogP contribution in [0.25, 0.3) is 0 Å². The third-order valence-electron chi connectivity index (χ3n) is 5.88. The average Bonchev–Trinajstić information content (AvgIpc) is 3.29. The predicted molar refractivity (Wildman–Crippen MR) is 141 cm³/mol. The minimum atomic E-state index is -0.404. The van der Waals surface area contributed by atoms with Gasteiger partial charge in [0.1, 0.15) is 5.75 Å². The minimum Gasteiger partial charge on any atom is -0.497 e. The summed E-state index contributed by atoms with van der Waals surface area (Å²) in [6.45, 7) is 4.66. The number of carbonyl (C=O) groups excluding carboxylic acids is 1. The van der Waals surface area contributed by atoms with Crippen LogP contribution in [0.3, 0.4) is 0 Å². The third-order valence-corrected chi connectivity index (χ3v) is 6.96. The Morgan fingerprint density at radius 2 is 2.06 bits per heavy atom. The van der Waals surface area contributed by atoms with E-state index in [1.807, 2.05) is 17.0 Å². The number of methoxy groups -OCH3 is 1. The lowest BCUT2D eigenvalue weighted by molar-refractivity contribution is -0.464. The van der Waals surface area contributed by atoms with Crippen molar-refractivity contribution >= 4 is 40.1 Å². The van der Waals surface area contributed by atoms with Gasteiger partial charge in [0.15, 0.2) is 10.8 Å². The van der Waals surface area contributed by atoms with E-state index in [1.54, 1.807) is 37.4 Å². The molecule has 0 atom stereocenters. The number of rotatable bonds is 7. The Labute approximate surface area is 213 Å². The van der Waals surface area contributed by atoms with Gasteiger partial charge in [-0.2, -0.15) is 0 Å². The second kappa shape index (κ2) is 10.7. The van der Waals surface area contributed by atoms with E-state index in [0.717, 1.165) is 16.1 Å². The van der Waals surface area contributed by atoms with E-state index in [-0.39, 0.29) is 10.8 Å². The molecule has 1 amide bonds. The summed E-state index contributed by atoms with van der Waals surface area (Å²) in [5, 5.41) is 14.6. The van der Waals surface area contributed by atoms with Crippen molar-refractivity contribution in [2.45, 2.75) is 32.7 Å². The van der Waals surface area contributed by atoms with Gasteiger partial charge in [-0.1, -0.05) is 19.9 Å². The van der Waals surface area contributed by atoms with E-state index < -0.39 is 6.54 Å². The van der Waals surface area contributed by atoms with Gasteiger partial charge in [0.25, 0.3) is 12.5 Å². The fourth-order valence-electron chi connectivity index (χ4n) is 3.86. The first-order valence-corrected chi connectivity index (χ1v) is 12.3. The number of nitro groups is 1. The fraction of sp³-hybridized carbons (Fsp3) is 0.320. The van der Waals surface area contributed by atoms with Crippen molar-refractivity contribution in [2.75, 3.05) is 31.2 Å². The van der Waals surface area contributed by atoms with Crippen molar-refractivity contribution in [3.8, 4) is 5.75 Å². The molecular weight excluding hydrogens is 480 g/mol. The first-order chi connectivity index (χ1) is 17.2. The Morgan fingerprint density at radius 3 is 2.72 bits per heavy atom. The van der Waals surface area contributed by atoms with E-state index in [4.69, 9.17) is 10.5 Å². The topological polar surface area (TPSA) is 136 Å². The number of nitrogens with one attached hydrogen (secondary N) is 1. The SMILES string of the molecule is COc1ccc(N=C(C[N+](=O)[O-])N2CCc3nc(C(=O)Nc4cc(C(C)C)ccc4N)sc3C2)cc1. The summed E-state index contributed by atoms with van der Waals surface area (Å²) in [6.07, 6.45) is 0.559. The normalized spacial score (nSPS) is 13.4. The number of aromatic nitrogens is 1. The number of nitrogens with two attached hydrogens (primary N) is 1. The monoisotopic (exact) mass is 508 g/mol. The molecule has 0 saturated carbocycles. The molecule has 10 nitrogen and oxygen atoms in total. The Balaban J connectivity index is 1.53. The zero-order valence-electron chi connectivity index (χ0n) is 20.4. The number of amidine groups is 1. The number of carbonyl (C=O) groups is 1. The van der Waals surface area contributed by atoms with Crippen molar-refractivity contribution in [3.05, 3.63) is 73.7 Å². The molecule has 4 rings (SSSR count). The lowest BCUT2D eigenvalue weighted by atomic mass is 10.0. The number of nitrogens with zero attached hydrogens (tertiary/aromatic N) is 4. The van der Waals surface area contributed by atoms with Crippen LogP contribution >= 0.6 is 11.3 Å². The van der Waals surface area contributed by atoms with Crippen molar-refractivity contribution < 1.29 is 14.5 Å². The van der Waals surface area contributed by atoms with Crippen LogP contribution in [0.5, 0.6) is 5.75 Å². The lowest BCUT2D eigenvalue weighted by Gasteiger charge is -2.27. The average molecular weight is 509 g/mol. The Morgan fingerprint density at radius 1 is 1.31 bits per heavy atom. The van der Waals surface area contributed by atoms with Gasteiger partial charge in [-0.05, 0) is 47.9 Å². The molecule has 36 heavy (non-hydrogen) atoms. The standard InChI is InChI=1S/C25H28N6O4S/c1-15(2)16-4-9-19(26)21(12-16)28-24(32)25-29-20-10-11-30(13-22(20)36-25)23(14-31(33)34)27-17-5-7-18(35-3)8-6-17/h4-9,12,15H,10-11,13-14,26H2,1-3H3,(H,28,32). The number of hydrogen-bond acceptors (Lipinski definition) is 8. The molecular formula is C25H28N6O4S. The van der Waals surface area contributed by atoms with E-state index in [1.165, 1.54) is 11.3 Å². The highest BCUT2D eigenvalue weighted by Gasteiger charge is 2.27. The summed E-state index contributed by atoms with van der Waals surface area (Å²) in [6, 6.07) is 12.6. The summed E-state index contributed by atoms with van der Waals surface area (Å²) in [5.74, 6) is 1.01. The van der Waals surface area contributed by atoms with Gasteiger partial charge in [0.2, 0.25) is 0 Å². The van der Waals surface area contributed by atoms with E-state index in [9.17, 15) is 14.9 Å². The Bertz CT molecular complexity index is 1300. The second-order valence-electron chi connectivity index (χ2n) is 8.73. The largest absolute Gasteiger partial charge is 0.497 e. The Hall–Kier alpha value is -3.99. The lowest BCUT2D eigenvalue weighted by Crippen LogP contribution is -2.39. The van der Waals surface area contributed by atoms with E-state index in [0.29, 0.717) is 59.1 Å². The number of benzene rings is 2. The maximum atomic E-state index is 13.0. The van der Waals surface area contributed by atoms with Gasteiger partial charge in [-0.3, -0.25) is 14.9 Å². The molecule has 0 saturated heterocycles. The molecule has 1 aliphatic heterocycles. The molecule has 3 aromatic rings. The molecule has 0 aliphatic carbocycles. The Kier molecular flexibility index (Phi) is 7.49. The number of ether oxygens (including phenoxy) is 1. The highest BCUT2D eigenvalue weighted by Crippen LogP contribution is 2.29. The molecule has 0 unspecified atom stereocenters. The maximum Gasteiger partial charge on any atom is 0.284 e. The highest BCUT2D eigenvalue weighted by molar-refractivity contribution is 7.13. The van der Waals surface area contributed by atoms with E-state index >= 15 is 0 Å². The molecule has 2 aromatic carbocycles. The summed E-state index contributed by atoms with van der Waals surface area (Å²) < 4.78 is 5.16. The summed E-state index contributed by atoms with van der Waals surface area (Å²) >= 11 is 1.28. The summed E-state index contributed by atoms with van der Waals surface area (Å²) in [5.41, 5.74) is 9.61. The van der Waals surface area contributed by atoms with Crippen LogP contribution in [0.15, 0.2) is 47.5 Å². The zero-order chi connectivity index (χ0) is 25.8. The predicted octanol–water partition coefficient (Wildman–Crippen LogP) is 4.47. The van der Waals surface area contributed by atoms with Gasteiger partial charge >= 0.3 is 0 Å². The van der Waals surface area contributed by atoms with E-state index in [2.05, 4.69) is 29.1 Å². The van der Waals surface area contributed by atoms with Crippen LogP contribution in [-0.4, -0.2) is 46.7 Å². The molecule has 3 N–H and O–H groups in total. The van der Waals surface area contributed by atoms with Crippen molar-refractivity contribution in [2.24, 2.45) is 4.99 Å². The third kappa shape index (κ3) is 5.80. The molecule has 2 heterocycles. The molecule has 0 fully saturated rings. The van der Waals surface area contributed by atoms with Crippen molar-refractivity contribution in [1.82, 2.24) is 9.88 Å². The first-order valence-electron chi connectivity index (χ1n) is 11.5. The number of thiazole rings is 1. The molecule has 0 radical (unpaired) electrons. The maximum absolute atomic E-state index is 13.0.